The van der Waals surface area contributed by atoms with Crippen LogP contribution in [0.15, 0.2) is 53.4 Å². The second-order valence-corrected chi connectivity index (χ2v) is 7.44. The number of sulfonamides is 1. The third-order valence-corrected chi connectivity index (χ3v) is 6.14. The Morgan fingerprint density at radius 1 is 1.09 bits per heavy atom. The van der Waals surface area contributed by atoms with Crippen LogP contribution in [0.2, 0.25) is 0 Å². The number of hydrogen-bond donors (Lipinski definition) is 0. The van der Waals surface area contributed by atoms with Crippen LogP contribution in [0.25, 0.3) is 0 Å². The summed E-state index contributed by atoms with van der Waals surface area (Å²) in [4.78, 5) is 0.362. The van der Waals surface area contributed by atoms with Crippen molar-refractivity contribution in [1.29, 1.82) is 0 Å². The molecule has 0 fully saturated rings. The van der Waals surface area contributed by atoms with Gasteiger partial charge in [-0.05, 0) is 24.6 Å². The summed E-state index contributed by atoms with van der Waals surface area (Å²) in [5.41, 5.74) is 1.68. The van der Waals surface area contributed by atoms with E-state index >= 15 is 0 Å². The molecule has 1 aliphatic rings. The zero-order valence-electron chi connectivity index (χ0n) is 12.7. The predicted octanol–water partition coefficient (Wildman–Crippen LogP) is 3.14. The first kappa shape index (κ1) is 15.1. The van der Waals surface area contributed by atoms with Gasteiger partial charge in [0.15, 0.2) is 0 Å². The van der Waals surface area contributed by atoms with E-state index in [0.29, 0.717) is 17.9 Å². The maximum absolute atomic E-state index is 12.9. The highest BCUT2D eigenvalue weighted by Gasteiger charge is 2.33. The molecule has 4 nitrogen and oxygen atoms in total. The van der Waals surface area contributed by atoms with Gasteiger partial charge in [0, 0.05) is 19.0 Å². The predicted molar refractivity (Wildman–Crippen MR) is 85.4 cm³/mol. The fourth-order valence-electron chi connectivity index (χ4n) is 2.87. The highest BCUT2D eigenvalue weighted by Crippen LogP contribution is 2.37. The lowest BCUT2D eigenvalue weighted by molar-refractivity contribution is 0.221. The number of para-hydroxylation sites is 1. The van der Waals surface area contributed by atoms with E-state index in [9.17, 15) is 8.42 Å². The van der Waals surface area contributed by atoms with E-state index in [0.717, 1.165) is 16.9 Å². The van der Waals surface area contributed by atoms with Gasteiger partial charge < -0.3 is 4.74 Å². The number of fused-ring (bicyclic) bond motifs is 1. The Labute approximate surface area is 131 Å². The summed E-state index contributed by atoms with van der Waals surface area (Å²) in [5.74, 6) is 0.769. The standard InChI is InChI=1S/C17H19NO3S/c1-13-7-3-6-10-17(13)22(19,20)18(2)15-11-12-21-16-9-5-4-8-14(15)16/h3-10,15H,11-12H2,1-2H3. The molecule has 0 amide bonds. The minimum atomic E-state index is -3.53. The van der Waals surface area contributed by atoms with E-state index in [2.05, 4.69) is 0 Å². The Morgan fingerprint density at radius 3 is 2.55 bits per heavy atom. The summed E-state index contributed by atoms with van der Waals surface area (Å²) in [6.07, 6.45) is 0.651. The van der Waals surface area contributed by atoms with Crippen LogP contribution in [0, 0.1) is 6.92 Å². The second-order valence-electron chi connectivity index (χ2n) is 5.48. The van der Waals surface area contributed by atoms with Crippen LogP contribution in [-0.4, -0.2) is 26.4 Å². The Kier molecular flexibility index (Phi) is 3.93. The number of ether oxygens (including phenoxy) is 1. The van der Waals surface area contributed by atoms with Crippen LogP contribution < -0.4 is 4.74 Å². The van der Waals surface area contributed by atoms with Gasteiger partial charge in [-0.25, -0.2) is 8.42 Å². The first-order chi connectivity index (χ1) is 10.5. The van der Waals surface area contributed by atoms with Crippen molar-refractivity contribution in [2.24, 2.45) is 0 Å². The van der Waals surface area contributed by atoms with Gasteiger partial charge in [0.25, 0.3) is 0 Å². The average Bonchev–Trinajstić information content (AvgIpc) is 2.54. The van der Waals surface area contributed by atoms with Crippen LogP contribution in [0.1, 0.15) is 23.6 Å². The molecule has 0 saturated heterocycles. The van der Waals surface area contributed by atoms with Crippen molar-refractivity contribution in [2.45, 2.75) is 24.3 Å². The van der Waals surface area contributed by atoms with Crippen LogP contribution in [0.5, 0.6) is 5.75 Å². The number of benzene rings is 2. The smallest absolute Gasteiger partial charge is 0.243 e. The fraction of sp³-hybridized carbons (Fsp3) is 0.294. The number of hydrogen-bond acceptors (Lipinski definition) is 3. The van der Waals surface area contributed by atoms with Gasteiger partial charge in [0.05, 0.1) is 17.5 Å². The van der Waals surface area contributed by atoms with Crippen molar-refractivity contribution >= 4 is 10.0 Å². The minimum Gasteiger partial charge on any atom is -0.493 e. The Morgan fingerprint density at radius 2 is 1.77 bits per heavy atom. The molecule has 3 rings (SSSR count). The zero-order chi connectivity index (χ0) is 15.7. The monoisotopic (exact) mass is 317 g/mol. The summed E-state index contributed by atoms with van der Waals surface area (Å²) in [6, 6.07) is 14.5. The highest BCUT2D eigenvalue weighted by molar-refractivity contribution is 7.89. The van der Waals surface area contributed by atoms with Gasteiger partial charge in [-0.2, -0.15) is 4.31 Å². The summed E-state index contributed by atoms with van der Waals surface area (Å²) < 4.78 is 33.0. The quantitative estimate of drug-likeness (QED) is 0.874. The first-order valence-electron chi connectivity index (χ1n) is 7.27. The third-order valence-electron chi connectivity index (χ3n) is 4.12. The van der Waals surface area contributed by atoms with Crippen LogP contribution in [0.3, 0.4) is 0 Å². The molecule has 0 spiro atoms. The van der Waals surface area contributed by atoms with Gasteiger partial charge in [-0.1, -0.05) is 36.4 Å². The molecule has 0 saturated carbocycles. The van der Waals surface area contributed by atoms with E-state index in [1.165, 1.54) is 4.31 Å². The summed E-state index contributed by atoms with van der Waals surface area (Å²) in [5, 5.41) is 0. The lowest BCUT2D eigenvalue weighted by atomic mass is 10.0. The molecule has 0 bridgehead atoms. The van der Waals surface area contributed by atoms with Crippen LogP contribution >= 0.6 is 0 Å². The SMILES string of the molecule is Cc1ccccc1S(=O)(=O)N(C)C1CCOc2ccccc21. The Balaban J connectivity index is 2.02. The molecule has 2 aromatic carbocycles. The molecule has 0 N–H and O–H groups in total. The van der Waals surface area contributed by atoms with E-state index in [4.69, 9.17) is 4.74 Å². The molecule has 1 heterocycles. The van der Waals surface area contributed by atoms with Gasteiger partial charge in [0.2, 0.25) is 10.0 Å². The van der Waals surface area contributed by atoms with Gasteiger partial charge in [-0.15, -0.1) is 0 Å². The first-order valence-corrected chi connectivity index (χ1v) is 8.71. The minimum absolute atomic E-state index is 0.199. The fourth-order valence-corrected chi connectivity index (χ4v) is 4.46. The van der Waals surface area contributed by atoms with E-state index in [-0.39, 0.29) is 6.04 Å². The molecule has 2 aromatic rings. The molecule has 0 radical (unpaired) electrons. The summed E-state index contributed by atoms with van der Waals surface area (Å²) in [7, 11) is -1.89. The van der Waals surface area contributed by atoms with Crippen molar-refractivity contribution in [3.05, 3.63) is 59.7 Å². The molecule has 1 atom stereocenters. The van der Waals surface area contributed by atoms with E-state index in [1.807, 2.05) is 43.3 Å². The Hall–Kier alpha value is -1.85. The van der Waals surface area contributed by atoms with Crippen LogP contribution in [0.4, 0.5) is 0 Å². The molecular weight excluding hydrogens is 298 g/mol. The largest absolute Gasteiger partial charge is 0.493 e. The second kappa shape index (κ2) is 5.74. The van der Waals surface area contributed by atoms with Crippen molar-refractivity contribution < 1.29 is 13.2 Å². The molecule has 116 valence electrons. The average molecular weight is 317 g/mol. The zero-order valence-corrected chi connectivity index (χ0v) is 13.5. The Bertz CT molecular complexity index is 786. The van der Waals surface area contributed by atoms with Crippen molar-refractivity contribution in [2.75, 3.05) is 13.7 Å². The van der Waals surface area contributed by atoms with E-state index in [1.54, 1.807) is 19.2 Å². The van der Waals surface area contributed by atoms with Gasteiger partial charge in [-0.3, -0.25) is 0 Å². The van der Waals surface area contributed by atoms with E-state index < -0.39 is 10.0 Å². The molecule has 1 unspecified atom stereocenters. The number of aryl methyl sites for hydroxylation is 1. The topological polar surface area (TPSA) is 46.6 Å². The highest BCUT2D eigenvalue weighted by atomic mass is 32.2. The van der Waals surface area contributed by atoms with Crippen molar-refractivity contribution in [1.82, 2.24) is 4.31 Å². The maximum Gasteiger partial charge on any atom is 0.243 e. The lowest BCUT2D eigenvalue weighted by Crippen LogP contribution is -2.34. The maximum atomic E-state index is 12.9. The number of nitrogens with zero attached hydrogens (tertiary/aromatic N) is 1. The summed E-state index contributed by atoms with van der Waals surface area (Å²) >= 11 is 0. The lowest BCUT2D eigenvalue weighted by Gasteiger charge is -2.32. The number of rotatable bonds is 3. The molecule has 22 heavy (non-hydrogen) atoms. The molecule has 5 heteroatoms. The van der Waals surface area contributed by atoms with Crippen molar-refractivity contribution in [3.8, 4) is 5.75 Å². The molecular formula is C17H19NO3S. The molecule has 0 aliphatic carbocycles. The van der Waals surface area contributed by atoms with Crippen LogP contribution in [-0.2, 0) is 10.0 Å². The van der Waals surface area contributed by atoms with Crippen molar-refractivity contribution in [3.63, 3.8) is 0 Å². The molecule has 0 aromatic heterocycles. The third kappa shape index (κ3) is 2.51. The van der Waals surface area contributed by atoms with Gasteiger partial charge in [0.1, 0.15) is 5.75 Å². The normalized spacial score (nSPS) is 17.9. The summed E-state index contributed by atoms with van der Waals surface area (Å²) in [6.45, 7) is 2.34. The molecule has 1 aliphatic heterocycles. The van der Waals surface area contributed by atoms with Gasteiger partial charge >= 0.3 is 0 Å².